The zero-order valence-corrected chi connectivity index (χ0v) is 24.3. The molecule has 3 aromatic carbocycles. The maximum atomic E-state index is 13.0. The van der Waals surface area contributed by atoms with E-state index in [1.165, 1.54) is 12.0 Å². The Morgan fingerprint density at radius 1 is 0.974 bits per heavy atom. The van der Waals surface area contributed by atoms with Crippen molar-refractivity contribution in [1.29, 1.82) is 0 Å². The van der Waals surface area contributed by atoms with Gasteiger partial charge in [0.1, 0.15) is 12.4 Å². The first-order chi connectivity index (χ1) is 18.2. The summed E-state index contributed by atoms with van der Waals surface area (Å²) in [6, 6.07) is 16.4. The van der Waals surface area contributed by atoms with E-state index in [-0.39, 0.29) is 30.0 Å². The Kier molecular flexibility index (Phi) is 8.78. The van der Waals surface area contributed by atoms with Crippen LogP contribution in [0, 0.1) is 24.3 Å². The van der Waals surface area contributed by atoms with Gasteiger partial charge in [0.05, 0.1) is 27.7 Å². The Balaban J connectivity index is 1.47. The number of aryl methyl sites for hydroxylation is 3. The Bertz CT molecular complexity index is 1430. The van der Waals surface area contributed by atoms with Crippen LogP contribution in [0.3, 0.4) is 0 Å². The topological polar surface area (TPSA) is 82.1 Å². The Morgan fingerprint density at radius 3 is 2.39 bits per heavy atom. The van der Waals surface area contributed by atoms with Crippen LogP contribution >= 0.6 is 34.4 Å². The largest absolute Gasteiger partial charge is 0.493 e. The molecule has 0 aromatic heterocycles. The van der Waals surface area contributed by atoms with E-state index < -0.39 is 5.97 Å². The molecule has 0 spiro atoms. The third kappa shape index (κ3) is 6.39. The minimum atomic E-state index is -0.502. The minimum absolute atomic E-state index is 0.143. The molecule has 0 atom stereocenters. The number of nitrogens with zero attached hydrogens (tertiary/aromatic N) is 1. The summed E-state index contributed by atoms with van der Waals surface area (Å²) in [4.78, 5) is 39.7. The fourth-order valence-electron chi connectivity index (χ4n) is 3.72. The monoisotopic (exact) mass is 643 g/mol. The minimum Gasteiger partial charge on any atom is -0.493 e. The second-order valence-corrected chi connectivity index (χ2v) is 10.9. The number of benzene rings is 3. The molecule has 0 bridgehead atoms. The van der Waals surface area contributed by atoms with Crippen molar-refractivity contribution >= 4 is 57.5 Å². The summed E-state index contributed by atoms with van der Waals surface area (Å²) in [5.41, 5.74) is 4.16. The van der Waals surface area contributed by atoms with Crippen LogP contribution in [-0.2, 0) is 4.79 Å². The molecule has 196 valence electrons. The van der Waals surface area contributed by atoms with Gasteiger partial charge >= 0.3 is 5.97 Å². The Labute approximate surface area is 239 Å². The average Bonchev–Trinajstić information content (AvgIpc) is 3.15. The van der Waals surface area contributed by atoms with Gasteiger partial charge in [-0.2, -0.15) is 0 Å². The highest BCUT2D eigenvalue weighted by Crippen LogP contribution is 2.37. The van der Waals surface area contributed by atoms with E-state index in [0.717, 1.165) is 34.2 Å². The quantitative estimate of drug-likeness (QED) is 0.119. The molecule has 1 aliphatic rings. The molecule has 0 radical (unpaired) electrons. The van der Waals surface area contributed by atoms with E-state index in [0.29, 0.717) is 25.4 Å². The van der Waals surface area contributed by atoms with Gasteiger partial charge in [-0.25, -0.2) is 4.79 Å². The summed E-state index contributed by atoms with van der Waals surface area (Å²) in [5, 5.41) is -0.351. The van der Waals surface area contributed by atoms with Crippen molar-refractivity contribution in [2.75, 3.05) is 20.3 Å². The molecule has 0 aliphatic carbocycles. The summed E-state index contributed by atoms with van der Waals surface area (Å²) in [6.07, 6.45) is 1.63. The predicted octanol–water partition coefficient (Wildman–Crippen LogP) is 6.56. The van der Waals surface area contributed by atoms with Crippen molar-refractivity contribution in [1.82, 2.24) is 4.90 Å². The van der Waals surface area contributed by atoms with Crippen LogP contribution in [0.5, 0.6) is 17.2 Å². The molecule has 9 heteroatoms. The SMILES string of the molecule is COc1cc(/C=C2\SC(=O)N(CCOc3cc(C)ccc3C)C2=O)cc(I)c1OC(=O)c1ccc(C)cc1. The number of thioether (sulfide) groups is 1. The predicted molar refractivity (Wildman–Crippen MR) is 156 cm³/mol. The third-order valence-corrected chi connectivity index (χ3v) is 7.53. The van der Waals surface area contributed by atoms with Gasteiger partial charge in [-0.05, 0) is 108 Å². The lowest BCUT2D eigenvalue weighted by Crippen LogP contribution is -2.32. The lowest BCUT2D eigenvalue weighted by Gasteiger charge is -2.15. The normalized spacial score (nSPS) is 14.2. The smallest absolute Gasteiger partial charge is 0.343 e. The van der Waals surface area contributed by atoms with Gasteiger partial charge in [-0.1, -0.05) is 29.8 Å². The molecular weight excluding hydrogens is 617 g/mol. The Morgan fingerprint density at radius 2 is 1.68 bits per heavy atom. The number of esters is 1. The van der Waals surface area contributed by atoms with Gasteiger partial charge in [-0.15, -0.1) is 0 Å². The van der Waals surface area contributed by atoms with E-state index in [1.807, 2.05) is 73.7 Å². The van der Waals surface area contributed by atoms with Gasteiger partial charge in [-0.3, -0.25) is 14.5 Å². The molecule has 1 aliphatic heterocycles. The fraction of sp³-hybridized carbons (Fsp3) is 0.207. The van der Waals surface area contributed by atoms with Crippen molar-refractivity contribution in [3.63, 3.8) is 0 Å². The van der Waals surface area contributed by atoms with Crippen molar-refractivity contribution in [3.05, 3.63) is 90.9 Å². The summed E-state index contributed by atoms with van der Waals surface area (Å²) in [7, 11) is 1.47. The number of rotatable bonds is 8. The van der Waals surface area contributed by atoms with Gasteiger partial charge in [0.25, 0.3) is 11.1 Å². The Hall–Kier alpha value is -3.31. The van der Waals surface area contributed by atoms with Crippen molar-refractivity contribution in [2.24, 2.45) is 0 Å². The number of imide groups is 1. The lowest BCUT2D eigenvalue weighted by atomic mass is 10.1. The zero-order valence-electron chi connectivity index (χ0n) is 21.4. The van der Waals surface area contributed by atoms with Crippen LogP contribution in [0.25, 0.3) is 6.08 Å². The van der Waals surface area contributed by atoms with Crippen molar-refractivity contribution in [3.8, 4) is 17.2 Å². The van der Waals surface area contributed by atoms with E-state index in [1.54, 1.807) is 30.3 Å². The lowest BCUT2D eigenvalue weighted by molar-refractivity contribution is -0.123. The molecule has 1 saturated heterocycles. The molecule has 0 unspecified atom stereocenters. The van der Waals surface area contributed by atoms with Gasteiger partial charge in [0, 0.05) is 0 Å². The standard InChI is InChI=1S/C29H26INO6S/c1-17-6-9-21(10-7-17)28(33)37-26-22(30)14-20(15-24(26)35-4)16-25-27(32)31(29(34)38-25)11-12-36-23-13-18(2)5-8-19(23)3/h5-10,13-16H,11-12H2,1-4H3/b25-16-. The first-order valence-electron chi connectivity index (χ1n) is 11.8. The van der Waals surface area contributed by atoms with Gasteiger partial charge in [0.15, 0.2) is 11.5 Å². The molecule has 1 fully saturated rings. The molecule has 7 nitrogen and oxygen atoms in total. The number of carbonyl (C=O) groups excluding carboxylic acids is 3. The maximum absolute atomic E-state index is 13.0. The van der Waals surface area contributed by atoms with Crippen LogP contribution in [0.2, 0.25) is 0 Å². The van der Waals surface area contributed by atoms with E-state index in [4.69, 9.17) is 14.2 Å². The summed E-state index contributed by atoms with van der Waals surface area (Å²) in [6.45, 7) is 6.20. The van der Waals surface area contributed by atoms with Crippen LogP contribution in [-0.4, -0.2) is 42.3 Å². The maximum Gasteiger partial charge on any atom is 0.343 e. The summed E-state index contributed by atoms with van der Waals surface area (Å²) < 4.78 is 17.5. The molecule has 0 N–H and O–H groups in total. The number of hydrogen-bond donors (Lipinski definition) is 0. The molecule has 3 aromatic rings. The van der Waals surface area contributed by atoms with Crippen molar-refractivity contribution < 1.29 is 28.6 Å². The first-order valence-corrected chi connectivity index (χ1v) is 13.7. The van der Waals surface area contributed by atoms with Gasteiger partial charge in [0.2, 0.25) is 0 Å². The molecule has 2 amide bonds. The highest BCUT2D eigenvalue weighted by atomic mass is 127. The number of carbonyl (C=O) groups is 3. The van der Waals surface area contributed by atoms with Gasteiger partial charge < -0.3 is 14.2 Å². The summed E-state index contributed by atoms with van der Waals surface area (Å²) >= 11 is 2.92. The molecular formula is C29H26INO6S. The van der Waals surface area contributed by atoms with Crippen LogP contribution in [0.15, 0.2) is 59.5 Å². The second kappa shape index (κ2) is 12.0. The number of halogens is 1. The molecule has 0 saturated carbocycles. The molecule has 38 heavy (non-hydrogen) atoms. The van der Waals surface area contributed by atoms with E-state index in [2.05, 4.69) is 0 Å². The second-order valence-electron chi connectivity index (χ2n) is 8.74. The first kappa shape index (κ1) is 27.7. The highest BCUT2D eigenvalue weighted by molar-refractivity contribution is 14.1. The number of amides is 2. The van der Waals surface area contributed by atoms with Crippen molar-refractivity contribution in [2.45, 2.75) is 20.8 Å². The fourth-order valence-corrected chi connectivity index (χ4v) is 5.32. The van der Waals surface area contributed by atoms with E-state index >= 15 is 0 Å². The third-order valence-electron chi connectivity index (χ3n) is 5.82. The molecule has 1 heterocycles. The summed E-state index contributed by atoms with van der Waals surface area (Å²) in [5.74, 6) is 0.473. The van der Waals surface area contributed by atoms with Crippen LogP contribution < -0.4 is 14.2 Å². The highest BCUT2D eigenvalue weighted by Gasteiger charge is 2.35. The zero-order chi connectivity index (χ0) is 27.4. The molecule has 4 rings (SSSR count). The van der Waals surface area contributed by atoms with E-state index in [9.17, 15) is 14.4 Å². The average molecular weight is 643 g/mol. The van der Waals surface area contributed by atoms with Crippen LogP contribution in [0.1, 0.15) is 32.6 Å². The number of hydrogen-bond acceptors (Lipinski definition) is 7. The number of ether oxygens (including phenoxy) is 3. The number of methoxy groups -OCH3 is 1. The van der Waals surface area contributed by atoms with Crippen LogP contribution in [0.4, 0.5) is 4.79 Å².